The summed E-state index contributed by atoms with van der Waals surface area (Å²) in [7, 11) is 0. The van der Waals surface area contributed by atoms with Gasteiger partial charge >= 0.3 is 0 Å². The van der Waals surface area contributed by atoms with Crippen molar-refractivity contribution in [3.05, 3.63) is 165 Å². The van der Waals surface area contributed by atoms with Crippen LogP contribution in [0.1, 0.15) is 40.9 Å². The number of hydrogen-bond donors (Lipinski definition) is 0. The van der Waals surface area contributed by atoms with Crippen LogP contribution in [0, 0.1) is 0 Å². The Morgan fingerprint density at radius 3 is 1.34 bits per heavy atom. The number of hydrogen-bond acceptors (Lipinski definition) is 5. The largest absolute Gasteiger partial charge is 0.494 e. The van der Waals surface area contributed by atoms with E-state index in [1.165, 1.54) is 11.1 Å². The maximum Gasteiger partial charge on any atom is 0.194 e. The van der Waals surface area contributed by atoms with Gasteiger partial charge in [-0.15, -0.1) is 23.5 Å². The van der Waals surface area contributed by atoms with Crippen molar-refractivity contribution >= 4 is 61.2 Å². The monoisotopic (exact) mass is 822 g/mol. The fourth-order valence-electron chi connectivity index (χ4n) is 5.69. The molecular formula is C43H36Br2O3S2. The van der Waals surface area contributed by atoms with Crippen molar-refractivity contribution in [1.29, 1.82) is 0 Å². The van der Waals surface area contributed by atoms with Crippen LogP contribution in [0.4, 0.5) is 0 Å². The fourth-order valence-corrected chi connectivity index (χ4v) is 8.42. The predicted octanol–water partition coefficient (Wildman–Crippen LogP) is 13.2. The lowest BCUT2D eigenvalue weighted by atomic mass is 9.89. The van der Waals surface area contributed by atoms with E-state index >= 15 is 4.79 Å². The van der Waals surface area contributed by atoms with Crippen LogP contribution in [0.2, 0.25) is 0 Å². The molecule has 6 rings (SSSR count). The first-order chi connectivity index (χ1) is 24.4. The van der Waals surface area contributed by atoms with Gasteiger partial charge in [-0.3, -0.25) is 4.79 Å². The molecule has 0 N–H and O–H groups in total. The second-order valence-corrected chi connectivity index (χ2v) is 15.3. The molecule has 6 aromatic rings. The van der Waals surface area contributed by atoms with Gasteiger partial charge in [0, 0.05) is 41.4 Å². The van der Waals surface area contributed by atoms with E-state index in [1.807, 2.05) is 62.4 Å². The Morgan fingerprint density at radius 1 is 0.520 bits per heavy atom. The van der Waals surface area contributed by atoms with E-state index in [-0.39, 0.29) is 5.78 Å². The molecule has 0 aliphatic rings. The van der Waals surface area contributed by atoms with E-state index in [0.717, 1.165) is 64.0 Å². The molecular weight excluding hydrogens is 788 g/mol. The fraction of sp³-hybridized carbons (Fsp3) is 0.140. The Hall–Kier alpha value is -3.75. The summed E-state index contributed by atoms with van der Waals surface area (Å²) in [5, 5.41) is 0. The average molecular weight is 825 g/mol. The van der Waals surface area contributed by atoms with Crippen LogP contribution in [-0.4, -0.2) is 19.0 Å². The molecule has 0 spiro atoms. The molecule has 6 aromatic carbocycles. The van der Waals surface area contributed by atoms with E-state index < -0.39 is 0 Å². The number of ketones is 1. The smallest absolute Gasteiger partial charge is 0.194 e. The Labute approximate surface area is 320 Å². The third-order valence-corrected chi connectivity index (χ3v) is 11.3. The van der Waals surface area contributed by atoms with Gasteiger partial charge in [-0.05, 0) is 120 Å². The van der Waals surface area contributed by atoms with E-state index in [2.05, 4.69) is 117 Å². The molecule has 3 nitrogen and oxygen atoms in total. The molecule has 7 heteroatoms. The molecule has 252 valence electrons. The van der Waals surface area contributed by atoms with E-state index in [1.54, 1.807) is 23.5 Å². The van der Waals surface area contributed by atoms with Crippen LogP contribution >= 0.6 is 55.4 Å². The molecule has 0 unspecified atom stereocenters. The van der Waals surface area contributed by atoms with Crippen LogP contribution < -0.4 is 9.47 Å². The van der Waals surface area contributed by atoms with Crippen LogP contribution in [0.5, 0.6) is 11.5 Å². The Bertz CT molecular complexity index is 1940. The summed E-state index contributed by atoms with van der Waals surface area (Å²) in [5.74, 6) is 2.98. The summed E-state index contributed by atoms with van der Waals surface area (Å²) in [4.78, 5) is 17.2. The highest BCUT2D eigenvalue weighted by molar-refractivity contribution is 9.10. The second kappa shape index (κ2) is 17.5. The predicted molar refractivity (Wildman–Crippen MR) is 217 cm³/mol. The molecule has 50 heavy (non-hydrogen) atoms. The van der Waals surface area contributed by atoms with Crippen molar-refractivity contribution < 1.29 is 14.3 Å². The number of ether oxygens (including phenoxy) is 2. The lowest BCUT2D eigenvalue weighted by Crippen LogP contribution is -2.07. The lowest BCUT2D eigenvalue weighted by Gasteiger charge is -2.19. The maximum absolute atomic E-state index is 15.0. The molecule has 0 aromatic heterocycles. The van der Waals surface area contributed by atoms with Crippen molar-refractivity contribution in [2.24, 2.45) is 0 Å². The number of rotatable bonds is 14. The zero-order valence-electron chi connectivity index (χ0n) is 27.8. The molecule has 0 saturated carbocycles. The summed E-state index contributed by atoms with van der Waals surface area (Å²) in [6.45, 7) is 4.99. The van der Waals surface area contributed by atoms with Gasteiger partial charge in [0.05, 0.1) is 13.2 Å². The van der Waals surface area contributed by atoms with E-state index in [0.29, 0.717) is 24.3 Å². The SMILES string of the molecule is CCOc1ccc(C(=O)c2ccc(OCC)cc2-c2cc(Br)ccc2SCc2ccccc2)c(-c2cc(Br)ccc2SCc2ccccc2)c1. The normalized spacial score (nSPS) is 11.0. The summed E-state index contributed by atoms with van der Waals surface area (Å²) in [6.07, 6.45) is 0. The number of halogens is 2. The number of carbonyl (C=O) groups excluding carboxylic acids is 1. The number of thioether (sulfide) groups is 2. The van der Waals surface area contributed by atoms with Crippen molar-refractivity contribution in [2.75, 3.05) is 13.2 Å². The minimum absolute atomic E-state index is 0.0703. The van der Waals surface area contributed by atoms with Crippen LogP contribution in [-0.2, 0) is 11.5 Å². The Morgan fingerprint density at radius 2 is 0.940 bits per heavy atom. The minimum atomic E-state index is -0.0703. The first-order valence-electron chi connectivity index (χ1n) is 16.4. The highest BCUT2D eigenvalue weighted by Gasteiger charge is 2.23. The Kier molecular flexibility index (Phi) is 12.6. The minimum Gasteiger partial charge on any atom is -0.494 e. The van der Waals surface area contributed by atoms with Crippen molar-refractivity contribution in [2.45, 2.75) is 35.1 Å². The third kappa shape index (κ3) is 8.93. The number of benzene rings is 6. The molecule has 0 aliphatic carbocycles. The lowest BCUT2D eigenvalue weighted by molar-refractivity contribution is 0.104. The second-order valence-electron chi connectivity index (χ2n) is 11.4. The van der Waals surface area contributed by atoms with E-state index in [4.69, 9.17) is 9.47 Å². The van der Waals surface area contributed by atoms with Gasteiger partial charge in [-0.25, -0.2) is 0 Å². The standard InChI is InChI=1S/C43H36Br2O3S2/c1-3-47-33-17-19-35(37(25-33)39-23-31(44)15-21-41(39)49-27-29-11-7-5-8-12-29)43(46)36-20-18-34(48-4-2)26-38(36)40-24-32(45)16-22-42(40)50-28-30-13-9-6-10-14-30/h5-26H,3-4,27-28H2,1-2H3. The van der Waals surface area contributed by atoms with Gasteiger partial charge in [0.1, 0.15) is 11.5 Å². The van der Waals surface area contributed by atoms with Crippen molar-refractivity contribution in [1.82, 2.24) is 0 Å². The maximum atomic E-state index is 15.0. The zero-order valence-corrected chi connectivity index (χ0v) is 32.6. The van der Waals surface area contributed by atoms with Gasteiger partial charge in [-0.1, -0.05) is 92.5 Å². The summed E-state index contributed by atoms with van der Waals surface area (Å²) in [5.41, 5.74) is 7.27. The van der Waals surface area contributed by atoms with Gasteiger partial charge in [0.25, 0.3) is 0 Å². The molecule has 0 atom stereocenters. The van der Waals surface area contributed by atoms with Crippen molar-refractivity contribution in [3.63, 3.8) is 0 Å². The molecule has 0 fully saturated rings. The Balaban J connectivity index is 1.47. The quantitative estimate of drug-likeness (QED) is 0.0808. The first kappa shape index (κ1) is 36.1. The van der Waals surface area contributed by atoms with Crippen LogP contribution in [0.15, 0.2) is 152 Å². The summed E-state index contributed by atoms with van der Waals surface area (Å²) < 4.78 is 13.8. The molecule has 0 aliphatic heterocycles. The highest BCUT2D eigenvalue weighted by Crippen LogP contribution is 2.42. The molecule has 0 bridgehead atoms. The number of carbonyl (C=O) groups is 1. The van der Waals surface area contributed by atoms with Gasteiger partial charge in [0.2, 0.25) is 0 Å². The van der Waals surface area contributed by atoms with Crippen LogP contribution in [0.3, 0.4) is 0 Å². The zero-order chi connectivity index (χ0) is 34.9. The van der Waals surface area contributed by atoms with Gasteiger partial charge < -0.3 is 9.47 Å². The highest BCUT2D eigenvalue weighted by atomic mass is 79.9. The van der Waals surface area contributed by atoms with Gasteiger partial charge in [0.15, 0.2) is 5.78 Å². The summed E-state index contributed by atoms with van der Waals surface area (Å²) in [6, 6.07) is 45.0. The molecule has 0 radical (unpaired) electrons. The third-order valence-electron chi connectivity index (χ3n) is 8.03. The van der Waals surface area contributed by atoms with E-state index in [9.17, 15) is 0 Å². The van der Waals surface area contributed by atoms with Crippen LogP contribution in [0.25, 0.3) is 22.3 Å². The molecule has 0 saturated heterocycles. The summed E-state index contributed by atoms with van der Waals surface area (Å²) >= 11 is 10.9. The average Bonchev–Trinajstić information content (AvgIpc) is 3.14. The first-order valence-corrected chi connectivity index (χ1v) is 20.0. The topological polar surface area (TPSA) is 35.5 Å². The van der Waals surface area contributed by atoms with Gasteiger partial charge in [-0.2, -0.15) is 0 Å². The molecule has 0 heterocycles. The molecule has 0 amide bonds. The van der Waals surface area contributed by atoms with Crippen molar-refractivity contribution in [3.8, 4) is 33.8 Å².